The van der Waals surface area contributed by atoms with Gasteiger partial charge in [0.1, 0.15) is 5.75 Å². The van der Waals surface area contributed by atoms with Gasteiger partial charge < -0.3 is 4.74 Å². The minimum absolute atomic E-state index is 0.180. The molecule has 27 heavy (non-hydrogen) atoms. The first-order chi connectivity index (χ1) is 13.1. The van der Waals surface area contributed by atoms with Gasteiger partial charge in [-0.2, -0.15) is 4.98 Å². The van der Waals surface area contributed by atoms with E-state index >= 15 is 0 Å². The molecular weight excluding hydrogens is 407 g/mol. The van der Waals surface area contributed by atoms with Gasteiger partial charge in [0, 0.05) is 16.0 Å². The van der Waals surface area contributed by atoms with E-state index in [1.807, 2.05) is 29.6 Å². The number of halogens is 2. The van der Waals surface area contributed by atoms with Gasteiger partial charge in [0.05, 0.1) is 23.4 Å². The molecule has 1 N–H and O–H groups in total. The van der Waals surface area contributed by atoms with Crippen molar-refractivity contribution in [3.05, 3.63) is 63.5 Å². The van der Waals surface area contributed by atoms with Crippen molar-refractivity contribution in [2.45, 2.75) is 0 Å². The highest BCUT2D eigenvalue weighted by Crippen LogP contribution is 2.32. The Bertz CT molecular complexity index is 1160. The Morgan fingerprint density at radius 1 is 1.22 bits per heavy atom. The number of benzene rings is 2. The van der Waals surface area contributed by atoms with Crippen molar-refractivity contribution in [3.8, 4) is 17.0 Å². The summed E-state index contributed by atoms with van der Waals surface area (Å²) < 4.78 is 7.08. The third kappa shape index (κ3) is 3.37. The molecule has 0 bridgehead atoms. The third-order valence-electron chi connectivity index (χ3n) is 3.86. The van der Waals surface area contributed by atoms with Crippen molar-refractivity contribution in [1.29, 1.82) is 0 Å². The fourth-order valence-electron chi connectivity index (χ4n) is 2.62. The second kappa shape index (κ2) is 7.19. The number of carbonyl (C=O) groups excluding carboxylic acids is 1. The van der Waals surface area contributed by atoms with E-state index in [0.29, 0.717) is 15.0 Å². The third-order valence-corrected chi connectivity index (χ3v) is 5.24. The van der Waals surface area contributed by atoms with Gasteiger partial charge in [-0.1, -0.05) is 35.3 Å². The van der Waals surface area contributed by atoms with Crippen LogP contribution in [-0.4, -0.2) is 27.6 Å². The molecule has 0 atom stereocenters. The summed E-state index contributed by atoms with van der Waals surface area (Å²) in [5.41, 5.74) is 1.96. The number of amides is 1. The van der Waals surface area contributed by atoms with Crippen LogP contribution in [0.1, 0.15) is 10.4 Å². The number of methoxy groups -OCH3 is 1. The van der Waals surface area contributed by atoms with E-state index in [1.54, 1.807) is 23.8 Å². The van der Waals surface area contributed by atoms with E-state index in [4.69, 9.17) is 27.9 Å². The van der Waals surface area contributed by atoms with E-state index in [0.717, 1.165) is 17.0 Å². The molecule has 0 radical (unpaired) electrons. The van der Waals surface area contributed by atoms with Crippen LogP contribution in [0.15, 0.2) is 47.8 Å². The van der Waals surface area contributed by atoms with Gasteiger partial charge in [0.25, 0.3) is 11.9 Å². The monoisotopic (exact) mass is 418 g/mol. The quantitative estimate of drug-likeness (QED) is 0.504. The molecule has 0 aliphatic carbocycles. The van der Waals surface area contributed by atoms with Gasteiger partial charge in [-0.15, -0.1) is 16.4 Å². The number of nitrogens with one attached hydrogen (secondary N) is 1. The topological polar surface area (TPSA) is 68.5 Å². The zero-order chi connectivity index (χ0) is 19.0. The molecule has 0 aliphatic rings. The number of carbonyl (C=O) groups is 1. The lowest BCUT2D eigenvalue weighted by Crippen LogP contribution is -2.13. The maximum atomic E-state index is 12.5. The van der Waals surface area contributed by atoms with Crippen LogP contribution in [0.5, 0.6) is 5.75 Å². The van der Waals surface area contributed by atoms with Crippen molar-refractivity contribution >= 4 is 51.4 Å². The molecule has 9 heteroatoms. The molecule has 0 spiro atoms. The van der Waals surface area contributed by atoms with E-state index in [-0.39, 0.29) is 11.5 Å². The first kappa shape index (κ1) is 17.8. The minimum atomic E-state index is -0.431. The van der Waals surface area contributed by atoms with Gasteiger partial charge >= 0.3 is 0 Å². The van der Waals surface area contributed by atoms with Crippen molar-refractivity contribution in [3.63, 3.8) is 0 Å². The Hall–Kier alpha value is -2.61. The predicted octanol–water partition coefficient (Wildman–Crippen LogP) is 5.03. The Morgan fingerprint density at radius 3 is 2.85 bits per heavy atom. The van der Waals surface area contributed by atoms with Gasteiger partial charge in [-0.05, 0) is 30.3 Å². The summed E-state index contributed by atoms with van der Waals surface area (Å²) in [6, 6.07) is 12.3. The molecule has 1 amide bonds. The summed E-state index contributed by atoms with van der Waals surface area (Å²) in [6.07, 6.45) is 0. The number of aromatic nitrogens is 3. The van der Waals surface area contributed by atoms with Crippen LogP contribution < -0.4 is 10.1 Å². The Morgan fingerprint density at radius 2 is 2.04 bits per heavy atom. The summed E-state index contributed by atoms with van der Waals surface area (Å²) in [6.45, 7) is 0. The fraction of sp³-hybridized carbons (Fsp3) is 0.0556. The summed E-state index contributed by atoms with van der Waals surface area (Å²) in [7, 11) is 1.62. The smallest absolute Gasteiger partial charge is 0.259 e. The number of anilines is 1. The van der Waals surface area contributed by atoms with E-state index in [9.17, 15) is 4.79 Å². The molecule has 2 heterocycles. The highest BCUT2D eigenvalue weighted by molar-refractivity contribution is 7.15. The summed E-state index contributed by atoms with van der Waals surface area (Å²) in [4.78, 5) is 17.5. The lowest BCUT2D eigenvalue weighted by atomic mass is 10.1. The van der Waals surface area contributed by atoms with Gasteiger partial charge in [-0.3, -0.25) is 10.1 Å². The molecule has 2 aromatic carbocycles. The summed E-state index contributed by atoms with van der Waals surface area (Å²) in [5.74, 6) is 0.475. The maximum absolute atomic E-state index is 12.5. The number of hydrogen-bond acceptors (Lipinski definition) is 5. The molecule has 0 saturated carbocycles. The Kier molecular flexibility index (Phi) is 4.73. The number of rotatable bonds is 4. The largest absolute Gasteiger partial charge is 0.496 e. The second-order valence-electron chi connectivity index (χ2n) is 5.53. The summed E-state index contributed by atoms with van der Waals surface area (Å²) >= 11 is 13.4. The van der Waals surface area contributed by atoms with Crippen LogP contribution in [0.4, 0.5) is 5.95 Å². The number of ether oxygens (including phenoxy) is 1. The van der Waals surface area contributed by atoms with Crippen molar-refractivity contribution in [1.82, 2.24) is 14.6 Å². The molecule has 6 nitrogen and oxygen atoms in total. The zero-order valence-corrected chi connectivity index (χ0v) is 16.3. The summed E-state index contributed by atoms with van der Waals surface area (Å²) in [5, 5.41) is 9.71. The molecule has 0 saturated heterocycles. The lowest BCUT2D eigenvalue weighted by Gasteiger charge is -2.06. The number of thiazole rings is 1. The maximum Gasteiger partial charge on any atom is 0.259 e. The van der Waals surface area contributed by atoms with Crippen LogP contribution in [0.3, 0.4) is 0 Å². The molecule has 2 aromatic heterocycles. The number of nitrogens with zero attached hydrogens (tertiary/aromatic N) is 3. The van der Waals surface area contributed by atoms with Crippen molar-refractivity contribution in [2.24, 2.45) is 0 Å². The van der Waals surface area contributed by atoms with E-state index in [2.05, 4.69) is 15.4 Å². The first-order valence-corrected chi connectivity index (χ1v) is 9.44. The van der Waals surface area contributed by atoms with Gasteiger partial charge in [0.15, 0.2) is 0 Å². The van der Waals surface area contributed by atoms with Crippen molar-refractivity contribution in [2.75, 3.05) is 12.4 Å². The van der Waals surface area contributed by atoms with Gasteiger partial charge in [0.2, 0.25) is 4.96 Å². The van der Waals surface area contributed by atoms with E-state index < -0.39 is 5.91 Å². The zero-order valence-electron chi connectivity index (χ0n) is 13.9. The molecule has 0 unspecified atom stereocenters. The molecular formula is C18H12Cl2N4O2S. The SMILES string of the molecule is COc1ccccc1-c1csc2nc(NC(=O)c3cc(Cl)ccc3Cl)nn12. The number of hydrogen-bond donors (Lipinski definition) is 1. The number of para-hydroxylation sites is 1. The standard InChI is InChI=1S/C18H12Cl2N4O2S/c1-26-15-5-3-2-4-11(15)14-9-27-18-22-17(23-24(14)18)21-16(25)12-8-10(19)6-7-13(12)20/h2-9H,1H3,(H,21,23,25). The molecule has 0 aliphatic heterocycles. The molecule has 136 valence electrons. The Labute approximate surface area is 168 Å². The average molecular weight is 419 g/mol. The van der Waals surface area contributed by atoms with Gasteiger partial charge in [-0.25, -0.2) is 4.52 Å². The van der Waals surface area contributed by atoms with Crippen molar-refractivity contribution < 1.29 is 9.53 Å². The van der Waals surface area contributed by atoms with Crippen LogP contribution >= 0.6 is 34.5 Å². The fourth-order valence-corrected chi connectivity index (χ4v) is 3.81. The molecule has 4 aromatic rings. The minimum Gasteiger partial charge on any atom is -0.496 e. The van der Waals surface area contributed by atoms with Crippen LogP contribution in [-0.2, 0) is 0 Å². The van der Waals surface area contributed by atoms with Crippen LogP contribution in [0.2, 0.25) is 10.0 Å². The Balaban J connectivity index is 1.68. The second-order valence-corrected chi connectivity index (χ2v) is 7.21. The lowest BCUT2D eigenvalue weighted by molar-refractivity contribution is 0.102. The van der Waals surface area contributed by atoms with E-state index in [1.165, 1.54) is 17.4 Å². The average Bonchev–Trinajstić information content (AvgIpc) is 3.23. The predicted molar refractivity (Wildman–Crippen MR) is 107 cm³/mol. The number of fused-ring (bicyclic) bond motifs is 1. The highest BCUT2D eigenvalue weighted by Gasteiger charge is 2.17. The normalized spacial score (nSPS) is 10.9. The molecule has 0 fully saturated rings. The van der Waals surface area contributed by atoms with Crippen LogP contribution in [0, 0.1) is 0 Å². The molecule has 4 rings (SSSR count). The van der Waals surface area contributed by atoms with Crippen LogP contribution in [0.25, 0.3) is 16.2 Å². The highest BCUT2D eigenvalue weighted by atomic mass is 35.5. The first-order valence-electron chi connectivity index (χ1n) is 7.81.